The summed E-state index contributed by atoms with van der Waals surface area (Å²) in [5, 5.41) is 0. The normalized spacial score (nSPS) is 11.2. The third kappa shape index (κ3) is 3.64. The number of benzene rings is 2. The molecule has 0 saturated carbocycles. The van der Waals surface area contributed by atoms with Crippen molar-refractivity contribution >= 4 is 11.6 Å². The zero-order chi connectivity index (χ0) is 15.3. The molecule has 0 aliphatic carbocycles. The zero-order valence-corrected chi connectivity index (χ0v) is 12.2. The lowest BCUT2D eigenvalue weighted by Crippen LogP contribution is -2.23. The Hall–Kier alpha value is -1.81. The topological polar surface area (TPSA) is 18.5 Å². The summed E-state index contributed by atoms with van der Waals surface area (Å²) in [4.78, 5) is 0. The predicted octanol–water partition coefficient (Wildman–Crippen LogP) is 4.60. The van der Waals surface area contributed by atoms with Crippen LogP contribution in [0.5, 0.6) is 11.5 Å². The summed E-state index contributed by atoms with van der Waals surface area (Å²) < 4.78 is 38.7. The average Bonchev–Trinajstić information content (AvgIpc) is 2.53. The first-order valence-electron chi connectivity index (χ1n) is 6.36. The number of ether oxygens (including phenoxy) is 2. The highest BCUT2D eigenvalue weighted by Crippen LogP contribution is 2.35. The number of hydrogen-bond donors (Lipinski definition) is 0. The number of hydrogen-bond acceptors (Lipinski definition) is 2. The molecule has 0 heterocycles. The molecule has 2 aromatic rings. The standard InChI is InChI=1S/C16H15ClF2O2/c1-20-14-9-5-6-12(10-17)15(14)21-11-16(18,19)13-7-3-2-4-8-13/h2-9H,10-11H2,1H3. The Labute approximate surface area is 127 Å². The largest absolute Gasteiger partial charge is 0.493 e. The maximum absolute atomic E-state index is 14.1. The van der Waals surface area contributed by atoms with Crippen molar-refractivity contribution in [3.8, 4) is 11.5 Å². The van der Waals surface area contributed by atoms with Gasteiger partial charge in [-0.3, -0.25) is 0 Å². The van der Waals surface area contributed by atoms with Gasteiger partial charge in [0.25, 0.3) is 0 Å². The van der Waals surface area contributed by atoms with E-state index < -0.39 is 12.5 Å². The van der Waals surface area contributed by atoms with Crippen LogP contribution >= 0.6 is 11.6 Å². The molecule has 0 aromatic heterocycles. The molecule has 21 heavy (non-hydrogen) atoms. The Kier molecular flexibility index (Phi) is 5.02. The first-order chi connectivity index (χ1) is 10.1. The third-order valence-electron chi connectivity index (χ3n) is 3.02. The van der Waals surface area contributed by atoms with Gasteiger partial charge in [0.15, 0.2) is 18.1 Å². The molecule has 0 fully saturated rings. The van der Waals surface area contributed by atoms with Crippen LogP contribution in [0.2, 0.25) is 0 Å². The quantitative estimate of drug-likeness (QED) is 0.725. The SMILES string of the molecule is COc1cccc(CCl)c1OCC(F)(F)c1ccccc1. The van der Waals surface area contributed by atoms with Gasteiger partial charge in [-0.1, -0.05) is 42.5 Å². The van der Waals surface area contributed by atoms with Gasteiger partial charge in [0.05, 0.1) is 13.0 Å². The van der Waals surface area contributed by atoms with Crippen molar-refractivity contribution in [2.75, 3.05) is 13.7 Å². The van der Waals surface area contributed by atoms with Crippen LogP contribution in [-0.4, -0.2) is 13.7 Å². The highest BCUT2D eigenvalue weighted by atomic mass is 35.5. The van der Waals surface area contributed by atoms with Crippen LogP contribution in [-0.2, 0) is 11.8 Å². The molecular formula is C16H15ClF2O2. The first kappa shape index (κ1) is 15.6. The number of rotatable bonds is 6. The van der Waals surface area contributed by atoms with Crippen molar-refractivity contribution in [3.63, 3.8) is 0 Å². The maximum Gasteiger partial charge on any atom is 0.306 e. The molecule has 0 amide bonds. The molecule has 112 valence electrons. The lowest BCUT2D eigenvalue weighted by atomic mass is 10.1. The van der Waals surface area contributed by atoms with Gasteiger partial charge in [0.1, 0.15) is 0 Å². The van der Waals surface area contributed by atoms with Gasteiger partial charge in [-0.25, -0.2) is 0 Å². The van der Waals surface area contributed by atoms with Gasteiger partial charge in [0, 0.05) is 11.1 Å². The summed E-state index contributed by atoms with van der Waals surface area (Å²) in [5.41, 5.74) is 0.521. The molecule has 0 bridgehead atoms. The van der Waals surface area contributed by atoms with Crippen molar-refractivity contribution in [1.82, 2.24) is 0 Å². The summed E-state index contributed by atoms with van der Waals surface area (Å²) in [7, 11) is 1.45. The second kappa shape index (κ2) is 6.76. The van der Waals surface area contributed by atoms with E-state index in [1.165, 1.54) is 19.2 Å². The maximum atomic E-state index is 14.1. The van der Waals surface area contributed by atoms with E-state index in [4.69, 9.17) is 21.1 Å². The monoisotopic (exact) mass is 312 g/mol. The van der Waals surface area contributed by atoms with Crippen molar-refractivity contribution in [2.45, 2.75) is 11.8 Å². The summed E-state index contributed by atoms with van der Waals surface area (Å²) in [5.74, 6) is -2.29. The zero-order valence-electron chi connectivity index (χ0n) is 11.5. The highest BCUT2D eigenvalue weighted by molar-refractivity contribution is 6.17. The van der Waals surface area contributed by atoms with E-state index in [1.54, 1.807) is 36.4 Å². The van der Waals surface area contributed by atoms with Crippen molar-refractivity contribution in [1.29, 1.82) is 0 Å². The fourth-order valence-electron chi connectivity index (χ4n) is 1.92. The lowest BCUT2D eigenvalue weighted by Gasteiger charge is -2.20. The molecule has 0 aliphatic heterocycles. The van der Waals surface area contributed by atoms with Crippen molar-refractivity contribution in [2.24, 2.45) is 0 Å². The smallest absolute Gasteiger partial charge is 0.306 e. The second-order valence-corrected chi connectivity index (χ2v) is 4.71. The van der Waals surface area contributed by atoms with Gasteiger partial charge >= 0.3 is 5.92 Å². The first-order valence-corrected chi connectivity index (χ1v) is 6.90. The van der Waals surface area contributed by atoms with E-state index in [1.807, 2.05) is 0 Å². The fourth-order valence-corrected chi connectivity index (χ4v) is 2.13. The average molecular weight is 313 g/mol. The van der Waals surface area contributed by atoms with Crippen LogP contribution < -0.4 is 9.47 Å². The lowest BCUT2D eigenvalue weighted by molar-refractivity contribution is -0.0473. The van der Waals surface area contributed by atoms with E-state index in [-0.39, 0.29) is 17.2 Å². The van der Waals surface area contributed by atoms with Crippen molar-refractivity contribution in [3.05, 3.63) is 59.7 Å². The third-order valence-corrected chi connectivity index (χ3v) is 3.31. The van der Waals surface area contributed by atoms with Gasteiger partial charge in [-0.15, -0.1) is 11.6 Å². The molecule has 0 spiro atoms. The molecule has 5 heteroatoms. The Balaban J connectivity index is 2.20. The molecule has 2 aromatic carbocycles. The van der Waals surface area contributed by atoms with E-state index in [0.29, 0.717) is 11.3 Å². The van der Waals surface area contributed by atoms with Gasteiger partial charge in [0.2, 0.25) is 0 Å². The van der Waals surface area contributed by atoms with E-state index in [9.17, 15) is 8.78 Å². The second-order valence-electron chi connectivity index (χ2n) is 4.44. The number of para-hydroxylation sites is 1. The Bertz CT molecular complexity index is 566. The van der Waals surface area contributed by atoms with E-state index >= 15 is 0 Å². The summed E-state index contributed by atoms with van der Waals surface area (Å²) in [6.07, 6.45) is 0. The number of halogens is 3. The molecule has 0 atom stereocenters. The van der Waals surface area contributed by atoms with Gasteiger partial charge < -0.3 is 9.47 Å². The molecule has 0 unspecified atom stereocenters. The van der Waals surface area contributed by atoms with Crippen LogP contribution in [0.3, 0.4) is 0 Å². The van der Waals surface area contributed by atoms with Crippen LogP contribution in [0.4, 0.5) is 8.78 Å². The summed E-state index contributed by atoms with van der Waals surface area (Å²) in [6, 6.07) is 12.7. The summed E-state index contributed by atoms with van der Waals surface area (Å²) >= 11 is 5.80. The molecule has 0 radical (unpaired) electrons. The molecule has 0 saturated heterocycles. The molecule has 0 N–H and O–H groups in total. The van der Waals surface area contributed by atoms with Gasteiger partial charge in [-0.05, 0) is 6.07 Å². The molecular weight excluding hydrogens is 298 g/mol. The molecule has 0 aliphatic rings. The van der Waals surface area contributed by atoms with Crippen LogP contribution in [0, 0.1) is 0 Å². The van der Waals surface area contributed by atoms with Crippen LogP contribution in [0.1, 0.15) is 11.1 Å². The van der Waals surface area contributed by atoms with Crippen molar-refractivity contribution < 1.29 is 18.3 Å². The molecule has 2 nitrogen and oxygen atoms in total. The number of alkyl halides is 3. The minimum Gasteiger partial charge on any atom is -0.493 e. The molecule has 2 rings (SSSR count). The Morgan fingerprint density at radius 3 is 2.38 bits per heavy atom. The van der Waals surface area contributed by atoms with Crippen LogP contribution in [0.15, 0.2) is 48.5 Å². The number of methoxy groups -OCH3 is 1. The highest BCUT2D eigenvalue weighted by Gasteiger charge is 2.33. The van der Waals surface area contributed by atoms with E-state index in [2.05, 4.69) is 0 Å². The Morgan fingerprint density at radius 1 is 1.05 bits per heavy atom. The summed E-state index contributed by atoms with van der Waals surface area (Å²) in [6.45, 7) is -0.777. The van der Waals surface area contributed by atoms with Crippen LogP contribution in [0.25, 0.3) is 0 Å². The Morgan fingerprint density at radius 2 is 1.76 bits per heavy atom. The minimum atomic E-state index is -3.09. The predicted molar refractivity (Wildman–Crippen MR) is 78.4 cm³/mol. The van der Waals surface area contributed by atoms with E-state index in [0.717, 1.165) is 0 Å². The van der Waals surface area contributed by atoms with Gasteiger partial charge in [-0.2, -0.15) is 8.78 Å². The fraction of sp³-hybridized carbons (Fsp3) is 0.250. The minimum absolute atomic E-state index is 0.0904.